The molecule has 0 heterocycles. The normalized spacial score (nSPS) is 10.4. The molecule has 2 nitrogen and oxygen atoms in total. The van der Waals surface area contributed by atoms with E-state index in [0.717, 1.165) is 5.56 Å². The van der Waals surface area contributed by atoms with Crippen molar-refractivity contribution in [3.8, 4) is 11.5 Å². The number of halogens is 3. The van der Waals surface area contributed by atoms with Crippen LogP contribution >= 0.6 is 23.2 Å². The van der Waals surface area contributed by atoms with Crippen LogP contribution in [0.5, 0.6) is 11.5 Å². The van der Waals surface area contributed by atoms with Crippen molar-refractivity contribution in [2.45, 2.75) is 12.5 Å². The zero-order chi connectivity index (χ0) is 14.5. The minimum atomic E-state index is -0.377. The number of hydrogen-bond donors (Lipinski definition) is 0. The SMILES string of the molecule is COc1ccc(COc2ccc(CCl)cc2Cl)c(F)c1. The Morgan fingerprint density at radius 3 is 2.55 bits per heavy atom. The topological polar surface area (TPSA) is 18.5 Å². The third-order valence-electron chi connectivity index (χ3n) is 2.79. The highest BCUT2D eigenvalue weighted by Crippen LogP contribution is 2.27. The van der Waals surface area contributed by atoms with Crippen molar-refractivity contribution in [2.24, 2.45) is 0 Å². The number of hydrogen-bond acceptors (Lipinski definition) is 2. The maximum Gasteiger partial charge on any atom is 0.138 e. The maximum atomic E-state index is 13.7. The second kappa shape index (κ2) is 6.82. The summed E-state index contributed by atoms with van der Waals surface area (Å²) in [5, 5.41) is 0.456. The van der Waals surface area contributed by atoms with Gasteiger partial charge >= 0.3 is 0 Å². The first-order valence-electron chi connectivity index (χ1n) is 5.93. The summed E-state index contributed by atoms with van der Waals surface area (Å²) < 4.78 is 24.2. The molecule has 0 saturated heterocycles. The molecule has 2 aromatic rings. The summed E-state index contributed by atoms with van der Waals surface area (Å²) in [6.45, 7) is 0.0930. The number of alkyl halides is 1. The van der Waals surface area contributed by atoms with Gasteiger partial charge in [0.1, 0.15) is 23.9 Å². The van der Waals surface area contributed by atoms with E-state index in [1.807, 2.05) is 6.07 Å². The molecule has 0 aromatic heterocycles. The Bertz CT molecular complexity index is 549. The van der Waals surface area contributed by atoms with Crippen LogP contribution in [0, 0.1) is 5.82 Å². The van der Waals surface area contributed by atoms with Crippen LogP contribution < -0.4 is 9.47 Å². The average molecular weight is 315 g/mol. The molecule has 0 aliphatic heterocycles. The van der Waals surface area contributed by atoms with Gasteiger partial charge < -0.3 is 9.47 Å². The molecule has 5 heteroatoms. The van der Waals surface area contributed by atoms with Crippen LogP contribution in [0.3, 0.4) is 0 Å². The average Bonchev–Trinajstić information content (AvgIpc) is 2.46. The van der Waals surface area contributed by atoms with Crippen molar-refractivity contribution in [2.75, 3.05) is 7.11 Å². The Morgan fingerprint density at radius 2 is 1.95 bits per heavy atom. The van der Waals surface area contributed by atoms with Gasteiger partial charge in [-0.1, -0.05) is 17.7 Å². The summed E-state index contributed by atoms with van der Waals surface area (Å²) in [7, 11) is 1.49. The largest absolute Gasteiger partial charge is 0.497 e. The number of methoxy groups -OCH3 is 1. The van der Waals surface area contributed by atoms with Crippen molar-refractivity contribution in [1.82, 2.24) is 0 Å². The van der Waals surface area contributed by atoms with Crippen LogP contribution in [0.15, 0.2) is 36.4 Å². The highest BCUT2D eigenvalue weighted by Gasteiger charge is 2.07. The Kier molecular flexibility index (Phi) is 5.10. The van der Waals surface area contributed by atoms with Gasteiger partial charge in [0.2, 0.25) is 0 Å². The zero-order valence-electron chi connectivity index (χ0n) is 10.8. The minimum Gasteiger partial charge on any atom is -0.497 e. The van der Waals surface area contributed by atoms with E-state index in [0.29, 0.717) is 28.0 Å². The minimum absolute atomic E-state index is 0.0930. The van der Waals surface area contributed by atoms with Gasteiger partial charge in [0, 0.05) is 17.5 Å². The molecule has 0 aliphatic carbocycles. The van der Waals surface area contributed by atoms with Gasteiger partial charge in [-0.25, -0.2) is 4.39 Å². The third kappa shape index (κ3) is 3.56. The summed E-state index contributed by atoms with van der Waals surface area (Å²) in [5.41, 5.74) is 1.34. The van der Waals surface area contributed by atoms with E-state index in [4.69, 9.17) is 32.7 Å². The predicted octanol–water partition coefficient (Wildman–Crippen LogP) is 4.81. The Hall–Kier alpha value is -1.45. The first-order chi connectivity index (χ1) is 9.63. The van der Waals surface area contributed by atoms with E-state index >= 15 is 0 Å². The lowest BCUT2D eigenvalue weighted by Gasteiger charge is -2.10. The molecule has 106 valence electrons. The van der Waals surface area contributed by atoms with Crippen LogP contribution in [0.2, 0.25) is 5.02 Å². The summed E-state index contributed by atoms with van der Waals surface area (Å²) in [5.74, 6) is 0.969. The van der Waals surface area contributed by atoms with Gasteiger partial charge in [-0.3, -0.25) is 0 Å². The molecule has 2 aromatic carbocycles. The summed E-state index contributed by atoms with van der Waals surface area (Å²) in [4.78, 5) is 0. The van der Waals surface area contributed by atoms with Crippen LogP contribution in [0.4, 0.5) is 4.39 Å². The summed E-state index contributed by atoms with van der Waals surface area (Å²) in [6, 6.07) is 9.89. The van der Waals surface area contributed by atoms with Gasteiger partial charge in [0.05, 0.1) is 12.1 Å². The molecular weight excluding hydrogens is 302 g/mol. The first-order valence-corrected chi connectivity index (χ1v) is 6.85. The van der Waals surface area contributed by atoms with E-state index in [1.54, 1.807) is 24.3 Å². The van der Waals surface area contributed by atoms with E-state index < -0.39 is 0 Å². The molecular formula is C15H13Cl2FO2. The highest BCUT2D eigenvalue weighted by molar-refractivity contribution is 6.32. The van der Waals surface area contributed by atoms with Crippen molar-refractivity contribution in [1.29, 1.82) is 0 Å². The molecule has 0 spiro atoms. The zero-order valence-corrected chi connectivity index (χ0v) is 12.3. The van der Waals surface area contributed by atoms with E-state index in [9.17, 15) is 4.39 Å². The number of ether oxygens (including phenoxy) is 2. The lowest BCUT2D eigenvalue weighted by Crippen LogP contribution is -1.99. The van der Waals surface area contributed by atoms with Crippen LogP contribution in [-0.4, -0.2) is 7.11 Å². The van der Waals surface area contributed by atoms with Crippen LogP contribution in [-0.2, 0) is 12.5 Å². The third-order valence-corrected chi connectivity index (χ3v) is 3.40. The van der Waals surface area contributed by atoms with Gasteiger partial charge in [-0.15, -0.1) is 11.6 Å². The van der Waals surface area contributed by atoms with Gasteiger partial charge in [0.15, 0.2) is 0 Å². The maximum absolute atomic E-state index is 13.7. The summed E-state index contributed by atoms with van der Waals surface area (Å²) in [6.07, 6.45) is 0. The van der Waals surface area contributed by atoms with Crippen LogP contribution in [0.25, 0.3) is 0 Å². The van der Waals surface area contributed by atoms with Crippen molar-refractivity contribution in [3.05, 3.63) is 58.4 Å². The number of benzene rings is 2. The molecule has 0 fully saturated rings. The lowest BCUT2D eigenvalue weighted by molar-refractivity contribution is 0.299. The van der Waals surface area contributed by atoms with Gasteiger partial charge in [-0.2, -0.15) is 0 Å². The molecule has 0 bridgehead atoms. The molecule has 0 radical (unpaired) electrons. The molecule has 0 N–H and O–H groups in total. The molecule has 0 aliphatic rings. The smallest absolute Gasteiger partial charge is 0.138 e. The fraction of sp³-hybridized carbons (Fsp3) is 0.200. The molecule has 0 saturated carbocycles. The predicted molar refractivity (Wildman–Crippen MR) is 78.3 cm³/mol. The van der Waals surface area contributed by atoms with Crippen molar-refractivity contribution in [3.63, 3.8) is 0 Å². The van der Waals surface area contributed by atoms with Crippen LogP contribution in [0.1, 0.15) is 11.1 Å². The quantitative estimate of drug-likeness (QED) is 0.738. The second-order valence-corrected chi connectivity index (χ2v) is 4.82. The van der Waals surface area contributed by atoms with Crippen molar-refractivity contribution < 1.29 is 13.9 Å². The highest BCUT2D eigenvalue weighted by atomic mass is 35.5. The Labute approximate surface area is 127 Å². The van der Waals surface area contributed by atoms with Crippen molar-refractivity contribution >= 4 is 23.2 Å². The fourth-order valence-electron chi connectivity index (χ4n) is 1.67. The molecule has 0 unspecified atom stereocenters. The van der Waals surface area contributed by atoms with Gasteiger partial charge in [0.25, 0.3) is 0 Å². The lowest BCUT2D eigenvalue weighted by atomic mass is 10.2. The number of rotatable bonds is 5. The molecule has 2 rings (SSSR count). The fourth-order valence-corrected chi connectivity index (χ4v) is 2.10. The Balaban J connectivity index is 2.09. The summed E-state index contributed by atoms with van der Waals surface area (Å²) >= 11 is 11.8. The molecule has 0 amide bonds. The van der Waals surface area contributed by atoms with E-state index in [1.165, 1.54) is 13.2 Å². The molecule has 0 atom stereocenters. The van der Waals surface area contributed by atoms with E-state index in [2.05, 4.69) is 0 Å². The first kappa shape index (κ1) is 14.9. The Morgan fingerprint density at radius 1 is 1.15 bits per heavy atom. The second-order valence-electron chi connectivity index (χ2n) is 4.14. The van der Waals surface area contributed by atoms with Gasteiger partial charge in [-0.05, 0) is 29.8 Å². The van der Waals surface area contributed by atoms with E-state index in [-0.39, 0.29) is 12.4 Å². The standard InChI is InChI=1S/C15H13Cl2FO2/c1-19-12-4-3-11(14(18)7-12)9-20-15-5-2-10(8-16)6-13(15)17/h2-7H,8-9H2,1H3. The molecule has 20 heavy (non-hydrogen) atoms. The monoisotopic (exact) mass is 314 g/mol.